The first-order chi connectivity index (χ1) is 18.7. The fourth-order valence-electron chi connectivity index (χ4n) is 4.15. The molecule has 14 heteroatoms. The average Bonchev–Trinajstić information content (AvgIpc) is 2.84. The SMILES string of the molecule is CC(=O)OC[C@H](OC(C)=O)[C@H](OC(C)=O)[C@@H](Cn1c2nc(=O)n(C)c(=O)c-2nc2cc(C)c(C)cc21)OC(C)=O. The van der Waals surface area contributed by atoms with Gasteiger partial charge in [-0.15, -0.1) is 0 Å². The van der Waals surface area contributed by atoms with Crippen LogP contribution >= 0.6 is 0 Å². The van der Waals surface area contributed by atoms with E-state index >= 15 is 0 Å². The Morgan fingerprint density at radius 3 is 1.98 bits per heavy atom. The summed E-state index contributed by atoms with van der Waals surface area (Å²) >= 11 is 0. The number of aryl methyl sites for hydroxylation is 2. The minimum atomic E-state index is -1.47. The van der Waals surface area contributed by atoms with Crippen LogP contribution in [0.5, 0.6) is 0 Å². The van der Waals surface area contributed by atoms with Crippen LogP contribution in [0.3, 0.4) is 0 Å². The molecular formula is C26H30N4O10. The number of nitrogens with zero attached hydrogens (tertiary/aromatic N) is 4. The summed E-state index contributed by atoms with van der Waals surface area (Å²) in [7, 11) is 1.27. The molecule has 0 fully saturated rings. The zero-order valence-electron chi connectivity index (χ0n) is 23.2. The Bertz CT molecular complexity index is 1570. The highest BCUT2D eigenvalue weighted by Crippen LogP contribution is 2.26. The first-order valence-corrected chi connectivity index (χ1v) is 12.2. The van der Waals surface area contributed by atoms with Gasteiger partial charge in [0.2, 0.25) is 0 Å². The molecule has 40 heavy (non-hydrogen) atoms. The van der Waals surface area contributed by atoms with E-state index in [9.17, 15) is 28.8 Å². The highest BCUT2D eigenvalue weighted by Gasteiger charge is 2.39. The molecule has 3 atom stereocenters. The third-order valence-electron chi connectivity index (χ3n) is 6.06. The number of hydrogen-bond donors (Lipinski definition) is 0. The van der Waals surface area contributed by atoms with Crippen LogP contribution in [0.4, 0.5) is 0 Å². The quantitative estimate of drug-likeness (QED) is 0.203. The highest BCUT2D eigenvalue weighted by atomic mass is 16.6. The van der Waals surface area contributed by atoms with Gasteiger partial charge >= 0.3 is 29.6 Å². The molecule has 0 aromatic heterocycles. The lowest BCUT2D eigenvalue weighted by atomic mass is 10.1. The average molecular weight is 559 g/mol. The largest absolute Gasteiger partial charge is 0.462 e. The number of aromatic nitrogens is 4. The van der Waals surface area contributed by atoms with E-state index in [4.69, 9.17) is 18.9 Å². The van der Waals surface area contributed by atoms with E-state index in [1.165, 1.54) is 11.6 Å². The molecule has 2 aliphatic rings. The maximum Gasteiger partial charge on any atom is 0.352 e. The van der Waals surface area contributed by atoms with Crippen LogP contribution in [0.15, 0.2) is 21.7 Å². The molecule has 0 bridgehead atoms. The summed E-state index contributed by atoms with van der Waals surface area (Å²) in [6.07, 6.45) is -4.22. The molecule has 0 aliphatic carbocycles. The van der Waals surface area contributed by atoms with Gasteiger partial charge in [0.15, 0.2) is 29.8 Å². The number of benzene rings is 1. The lowest BCUT2D eigenvalue weighted by molar-refractivity contribution is -0.190. The minimum Gasteiger partial charge on any atom is -0.462 e. The Labute approximate surface area is 228 Å². The molecule has 0 amide bonds. The van der Waals surface area contributed by atoms with E-state index in [-0.39, 0.29) is 18.1 Å². The van der Waals surface area contributed by atoms with Gasteiger partial charge in [-0.05, 0) is 37.1 Å². The Morgan fingerprint density at radius 1 is 0.825 bits per heavy atom. The number of fused-ring (bicyclic) bond motifs is 2. The van der Waals surface area contributed by atoms with Crippen molar-refractivity contribution in [3.63, 3.8) is 0 Å². The van der Waals surface area contributed by atoms with E-state index in [0.717, 1.165) is 43.4 Å². The number of ether oxygens (including phenoxy) is 4. The second kappa shape index (κ2) is 12.1. The summed E-state index contributed by atoms with van der Waals surface area (Å²) in [6.45, 7) is 7.32. The lowest BCUT2D eigenvalue weighted by Gasteiger charge is -2.32. The third-order valence-corrected chi connectivity index (χ3v) is 6.06. The number of hydrogen-bond acceptors (Lipinski definition) is 12. The van der Waals surface area contributed by atoms with E-state index < -0.39 is 60.0 Å². The summed E-state index contributed by atoms with van der Waals surface area (Å²) in [5.74, 6) is -3.17. The summed E-state index contributed by atoms with van der Waals surface area (Å²) in [4.78, 5) is 81.8. The topological polar surface area (TPSA) is 175 Å². The third kappa shape index (κ3) is 6.68. The molecule has 14 nitrogen and oxygen atoms in total. The predicted molar refractivity (Wildman–Crippen MR) is 138 cm³/mol. The van der Waals surface area contributed by atoms with Crippen molar-refractivity contribution < 1.29 is 38.1 Å². The van der Waals surface area contributed by atoms with Gasteiger partial charge in [0.1, 0.15) is 6.61 Å². The zero-order valence-corrected chi connectivity index (χ0v) is 23.2. The molecule has 0 spiro atoms. The second-order valence-corrected chi connectivity index (χ2v) is 9.25. The van der Waals surface area contributed by atoms with E-state index in [1.807, 2.05) is 13.8 Å². The van der Waals surface area contributed by atoms with Crippen LogP contribution in [-0.4, -0.2) is 67.9 Å². The number of rotatable bonds is 9. The zero-order chi connectivity index (χ0) is 29.9. The second-order valence-electron chi connectivity index (χ2n) is 9.25. The van der Waals surface area contributed by atoms with Crippen LogP contribution in [0.1, 0.15) is 38.8 Å². The molecular weight excluding hydrogens is 528 g/mol. The molecule has 0 saturated carbocycles. The van der Waals surface area contributed by atoms with Crippen LogP contribution < -0.4 is 11.2 Å². The Morgan fingerprint density at radius 2 is 1.40 bits per heavy atom. The summed E-state index contributed by atoms with van der Waals surface area (Å²) < 4.78 is 23.6. The van der Waals surface area contributed by atoms with Crippen molar-refractivity contribution in [3.05, 3.63) is 44.1 Å². The molecule has 0 unspecified atom stereocenters. The maximum absolute atomic E-state index is 13.0. The van der Waals surface area contributed by atoms with Gasteiger partial charge in [0.05, 0.1) is 17.6 Å². The van der Waals surface area contributed by atoms with Crippen molar-refractivity contribution in [2.45, 2.75) is 66.4 Å². The van der Waals surface area contributed by atoms with Gasteiger partial charge in [-0.3, -0.25) is 28.5 Å². The van der Waals surface area contributed by atoms with Crippen molar-refractivity contribution in [1.82, 2.24) is 19.1 Å². The van der Waals surface area contributed by atoms with Gasteiger partial charge in [-0.1, -0.05) is 0 Å². The van der Waals surface area contributed by atoms with Crippen LogP contribution in [0.2, 0.25) is 0 Å². The molecule has 2 aliphatic heterocycles. The molecule has 214 valence electrons. The Kier molecular flexibility index (Phi) is 9.02. The maximum atomic E-state index is 13.0. The fourth-order valence-corrected chi connectivity index (χ4v) is 4.15. The summed E-state index contributed by atoms with van der Waals surface area (Å²) in [5, 5.41) is 0. The van der Waals surface area contributed by atoms with Crippen molar-refractivity contribution in [2.24, 2.45) is 7.05 Å². The van der Waals surface area contributed by atoms with E-state index in [0.29, 0.717) is 11.0 Å². The highest BCUT2D eigenvalue weighted by molar-refractivity contribution is 5.81. The van der Waals surface area contributed by atoms with Gasteiger partial charge in [-0.25, -0.2) is 9.78 Å². The molecule has 0 N–H and O–H groups in total. The summed E-state index contributed by atoms with van der Waals surface area (Å²) in [5.41, 5.74) is 0.874. The normalized spacial score (nSPS) is 13.4. The standard InChI is InChI=1S/C26H30N4O10/c1-12-8-18-19(9-13(12)2)30(24-22(27-18)25(35)29(7)26(36)28-24)10-20(38-15(4)32)23(40-17(6)34)21(39-16(5)33)11-37-14(3)31/h8-9,20-21,23H,10-11H2,1-7H3/t20-,21+,23-/m1/s1. The van der Waals surface area contributed by atoms with Gasteiger partial charge < -0.3 is 23.5 Å². The Balaban J connectivity index is 2.31. The van der Waals surface area contributed by atoms with Crippen LogP contribution in [0, 0.1) is 13.8 Å². The lowest BCUT2D eigenvalue weighted by Crippen LogP contribution is -2.49. The predicted octanol–water partition coefficient (Wildman–Crippen LogP) is 0.570. The first kappa shape index (κ1) is 29.9. The van der Waals surface area contributed by atoms with Crippen LogP contribution in [-0.2, 0) is 51.7 Å². The molecule has 1 aromatic rings. The molecule has 0 radical (unpaired) electrons. The molecule has 3 rings (SSSR count). The molecule has 2 heterocycles. The first-order valence-electron chi connectivity index (χ1n) is 12.2. The van der Waals surface area contributed by atoms with Gasteiger partial charge in [0, 0.05) is 34.7 Å². The van der Waals surface area contributed by atoms with Crippen LogP contribution in [0.25, 0.3) is 22.6 Å². The van der Waals surface area contributed by atoms with E-state index in [2.05, 4.69) is 9.97 Å². The van der Waals surface area contributed by atoms with E-state index in [1.54, 1.807) is 12.1 Å². The van der Waals surface area contributed by atoms with Crippen molar-refractivity contribution in [3.8, 4) is 11.5 Å². The van der Waals surface area contributed by atoms with Crippen molar-refractivity contribution >= 4 is 34.9 Å². The van der Waals surface area contributed by atoms with Crippen molar-refractivity contribution in [2.75, 3.05) is 6.61 Å². The Hall–Kier alpha value is -4.62. The van der Waals surface area contributed by atoms with Crippen molar-refractivity contribution in [1.29, 1.82) is 0 Å². The summed E-state index contributed by atoms with van der Waals surface area (Å²) in [6, 6.07) is 3.51. The molecule has 0 saturated heterocycles. The number of carbonyl (C=O) groups excluding carboxylic acids is 4. The smallest absolute Gasteiger partial charge is 0.352 e. The monoisotopic (exact) mass is 558 g/mol. The van der Waals surface area contributed by atoms with Gasteiger partial charge in [0.25, 0.3) is 5.56 Å². The minimum absolute atomic E-state index is 0.105. The number of esters is 4. The van der Waals surface area contributed by atoms with Gasteiger partial charge in [-0.2, -0.15) is 4.98 Å². The fraction of sp³-hybridized carbons (Fsp3) is 0.462. The number of carbonyl (C=O) groups is 4. The molecule has 1 aromatic carbocycles.